The van der Waals surface area contributed by atoms with Crippen molar-refractivity contribution in [3.05, 3.63) is 42.5 Å². The van der Waals surface area contributed by atoms with Gasteiger partial charge in [-0.05, 0) is 18.6 Å². The molecule has 1 heterocycles. The van der Waals surface area contributed by atoms with E-state index in [0.717, 1.165) is 6.42 Å². The van der Waals surface area contributed by atoms with Gasteiger partial charge in [-0.3, -0.25) is 15.0 Å². The lowest BCUT2D eigenvalue weighted by molar-refractivity contribution is -0.116. The van der Waals surface area contributed by atoms with E-state index in [9.17, 15) is 9.59 Å². The van der Waals surface area contributed by atoms with Crippen LogP contribution in [-0.4, -0.2) is 26.7 Å². The third-order valence-corrected chi connectivity index (χ3v) is 2.57. The maximum absolute atomic E-state index is 12.1. The monoisotopic (exact) mass is 273 g/mol. The summed E-state index contributed by atoms with van der Waals surface area (Å²) in [6.45, 7) is 1.92. The van der Waals surface area contributed by atoms with Crippen LogP contribution in [0, 0.1) is 0 Å². The van der Waals surface area contributed by atoms with Crippen molar-refractivity contribution in [1.82, 2.24) is 14.9 Å². The number of benzene rings is 1. The Hall–Kier alpha value is -2.70. The van der Waals surface area contributed by atoms with Crippen molar-refractivity contribution in [3.8, 4) is 0 Å². The van der Waals surface area contributed by atoms with E-state index in [2.05, 4.69) is 20.9 Å². The third-order valence-electron chi connectivity index (χ3n) is 2.57. The van der Waals surface area contributed by atoms with Gasteiger partial charge in [0.25, 0.3) is 5.91 Å². The number of rotatable bonds is 5. The normalized spacial score (nSPS) is 10.1. The van der Waals surface area contributed by atoms with Gasteiger partial charge in [-0.1, -0.05) is 19.1 Å². The second-order valence-corrected chi connectivity index (χ2v) is 4.15. The second-order valence-electron chi connectivity index (χ2n) is 4.15. The van der Waals surface area contributed by atoms with Gasteiger partial charge in [0.15, 0.2) is 0 Å². The number of nitrogens with zero attached hydrogens (tertiary/aromatic N) is 3. The topological polar surface area (TPSA) is 88.9 Å². The third kappa shape index (κ3) is 3.41. The van der Waals surface area contributed by atoms with Crippen LogP contribution in [0.2, 0.25) is 0 Å². The molecule has 20 heavy (non-hydrogen) atoms. The Morgan fingerprint density at radius 2 is 1.90 bits per heavy atom. The number of aromatic nitrogens is 3. The predicted octanol–water partition coefficient (Wildman–Crippen LogP) is 1.40. The zero-order valence-electron chi connectivity index (χ0n) is 11.0. The fourth-order valence-electron chi connectivity index (χ4n) is 1.67. The van der Waals surface area contributed by atoms with Crippen LogP contribution < -0.4 is 10.7 Å². The molecule has 0 aliphatic heterocycles. The first kappa shape index (κ1) is 13.7. The Kier molecular flexibility index (Phi) is 4.43. The Balaban J connectivity index is 2.14. The number of anilines is 1. The average molecular weight is 273 g/mol. The molecule has 2 amide bonds. The summed E-state index contributed by atoms with van der Waals surface area (Å²) in [6.07, 6.45) is 3.91. The standard InChI is InChI=1S/C13H15N5O2/c1-2-5-12(19)16-11-7-4-3-6-10(11)13(20)17-18-8-14-15-9-18/h3-4,6-9H,2,5H2,1H3,(H,16,19)(H,17,20). The maximum Gasteiger partial charge on any atom is 0.272 e. The molecule has 0 fully saturated rings. The Labute approximate surface area is 116 Å². The van der Waals surface area contributed by atoms with E-state index in [4.69, 9.17) is 0 Å². The molecular weight excluding hydrogens is 258 g/mol. The van der Waals surface area contributed by atoms with Gasteiger partial charge in [0, 0.05) is 6.42 Å². The molecule has 0 bridgehead atoms. The quantitative estimate of drug-likeness (QED) is 0.861. The van der Waals surface area contributed by atoms with Crippen LogP contribution in [0.4, 0.5) is 5.69 Å². The van der Waals surface area contributed by atoms with Crippen LogP contribution in [0.3, 0.4) is 0 Å². The molecule has 1 aromatic heterocycles. The Bertz CT molecular complexity index is 595. The summed E-state index contributed by atoms with van der Waals surface area (Å²) in [5.74, 6) is -0.464. The number of para-hydroxylation sites is 1. The highest BCUT2D eigenvalue weighted by Gasteiger charge is 2.12. The molecule has 0 radical (unpaired) electrons. The number of hydrogen-bond acceptors (Lipinski definition) is 4. The van der Waals surface area contributed by atoms with E-state index in [1.807, 2.05) is 6.92 Å². The van der Waals surface area contributed by atoms with Gasteiger partial charge in [-0.2, -0.15) is 0 Å². The number of carbonyl (C=O) groups is 2. The highest BCUT2D eigenvalue weighted by atomic mass is 16.2. The van der Waals surface area contributed by atoms with Crippen LogP contribution in [0.15, 0.2) is 36.9 Å². The van der Waals surface area contributed by atoms with Crippen molar-refractivity contribution in [2.75, 3.05) is 10.7 Å². The van der Waals surface area contributed by atoms with Crippen LogP contribution in [0.25, 0.3) is 0 Å². The molecule has 7 heteroatoms. The molecule has 0 saturated carbocycles. The minimum Gasteiger partial charge on any atom is -0.325 e. The summed E-state index contributed by atoms with van der Waals surface area (Å²) in [5.41, 5.74) is 3.45. The van der Waals surface area contributed by atoms with E-state index in [1.165, 1.54) is 17.3 Å². The van der Waals surface area contributed by atoms with E-state index in [1.54, 1.807) is 24.3 Å². The van der Waals surface area contributed by atoms with Crippen LogP contribution in [0.1, 0.15) is 30.1 Å². The van der Waals surface area contributed by atoms with Crippen molar-refractivity contribution >= 4 is 17.5 Å². The highest BCUT2D eigenvalue weighted by molar-refractivity contribution is 6.07. The minimum absolute atomic E-state index is 0.114. The van der Waals surface area contributed by atoms with E-state index >= 15 is 0 Å². The largest absolute Gasteiger partial charge is 0.325 e. The van der Waals surface area contributed by atoms with Crippen molar-refractivity contribution in [1.29, 1.82) is 0 Å². The first-order chi connectivity index (χ1) is 9.70. The van der Waals surface area contributed by atoms with Gasteiger partial charge in [-0.15, -0.1) is 10.2 Å². The summed E-state index contributed by atoms with van der Waals surface area (Å²) in [4.78, 5) is 23.8. The van der Waals surface area contributed by atoms with Gasteiger partial charge in [0.05, 0.1) is 11.3 Å². The molecule has 0 unspecified atom stereocenters. The van der Waals surface area contributed by atoms with Gasteiger partial charge in [0.1, 0.15) is 12.7 Å². The lowest BCUT2D eigenvalue weighted by Crippen LogP contribution is -2.23. The second kappa shape index (κ2) is 6.46. The maximum atomic E-state index is 12.1. The first-order valence-electron chi connectivity index (χ1n) is 6.25. The summed E-state index contributed by atoms with van der Waals surface area (Å²) in [5, 5.41) is 9.92. The van der Waals surface area contributed by atoms with E-state index in [0.29, 0.717) is 17.7 Å². The molecule has 0 saturated heterocycles. The fraction of sp³-hybridized carbons (Fsp3) is 0.231. The summed E-state index contributed by atoms with van der Waals surface area (Å²) in [7, 11) is 0. The summed E-state index contributed by atoms with van der Waals surface area (Å²) in [6, 6.07) is 6.82. The molecular formula is C13H15N5O2. The van der Waals surface area contributed by atoms with Crippen molar-refractivity contribution in [2.24, 2.45) is 0 Å². The molecule has 0 aliphatic rings. The van der Waals surface area contributed by atoms with Crippen LogP contribution >= 0.6 is 0 Å². The van der Waals surface area contributed by atoms with E-state index < -0.39 is 0 Å². The van der Waals surface area contributed by atoms with Gasteiger partial charge < -0.3 is 5.32 Å². The van der Waals surface area contributed by atoms with Gasteiger partial charge >= 0.3 is 0 Å². The summed E-state index contributed by atoms with van der Waals surface area (Å²) >= 11 is 0. The molecule has 2 aromatic rings. The number of amides is 2. The average Bonchev–Trinajstić information content (AvgIpc) is 2.92. The molecule has 0 spiro atoms. The number of hydrogen-bond donors (Lipinski definition) is 2. The number of nitrogens with one attached hydrogen (secondary N) is 2. The zero-order valence-corrected chi connectivity index (χ0v) is 11.0. The molecule has 7 nitrogen and oxygen atoms in total. The van der Waals surface area contributed by atoms with Crippen LogP contribution in [-0.2, 0) is 4.79 Å². The van der Waals surface area contributed by atoms with E-state index in [-0.39, 0.29) is 11.8 Å². The van der Waals surface area contributed by atoms with Gasteiger partial charge in [0.2, 0.25) is 5.91 Å². The summed E-state index contributed by atoms with van der Waals surface area (Å²) < 4.78 is 1.34. The van der Waals surface area contributed by atoms with Crippen molar-refractivity contribution in [2.45, 2.75) is 19.8 Å². The highest BCUT2D eigenvalue weighted by Crippen LogP contribution is 2.15. The van der Waals surface area contributed by atoms with Crippen molar-refractivity contribution in [3.63, 3.8) is 0 Å². The Morgan fingerprint density at radius 1 is 1.20 bits per heavy atom. The zero-order chi connectivity index (χ0) is 14.4. The molecule has 2 N–H and O–H groups in total. The van der Waals surface area contributed by atoms with Crippen molar-refractivity contribution < 1.29 is 9.59 Å². The van der Waals surface area contributed by atoms with Crippen LogP contribution in [0.5, 0.6) is 0 Å². The van der Waals surface area contributed by atoms with Gasteiger partial charge in [-0.25, -0.2) is 4.68 Å². The molecule has 0 aliphatic carbocycles. The molecule has 0 atom stereocenters. The first-order valence-corrected chi connectivity index (χ1v) is 6.25. The SMILES string of the molecule is CCCC(=O)Nc1ccccc1C(=O)Nn1cnnc1. The Morgan fingerprint density at radius 3 is 2.60 bits per heavy atom. The molecule has 104 valence electrons. The predicted molar refractivity (Wildman–Crippen MR) is 73.7 cm³/mol. The lowest BCUT2D eigenvalue weighted by atomic mass is 10.1. The lowest BCUT2D eigenvalue weighted by Gasteiger charge is -2.11. The smallest absolute Gasteiger partial charge is 0.272 e. The fourth-order valence-corrected chi connectivity index (χ4v) is 1.67. The molecule has 1 aromatic carbocycles. The number of carbonyl (C=O) groups excluding carboxylic acids is 2. The molecule has 2 rings (SSSR count). The minimum atomic E-state index is -0.350.